The van der Waals surface area contributed by atoms with Gasteiger partial charge in [-0.3, -0.25) is 9.69 Å². The molecule has 0 spiro atoms. The number of aromatic nitrogens is 1. The Kier molecular flexibility index (Phi) is 9.10. The minimum atomic E-state index is -0.0864. The Hall–Kier alpha value is -2.35. The number of rotatable bonds is 9. The van der Waals surface area contributed by atoms with Gasteiger partial charge in [0.05, 0.1) is 18.9 Å². The number of carbonyl (C=O) groups excluding carboxylic acids is 1. The molecule has 0 fully saturated rings. The Morgan fingerprint density at radius 3 is 2.45 bits per heavy atom. The molecular weight excluding hydrogens is 434 g/mol. The van der Waals surface area contributed by atoms with E-state index in [4.69, 9.17) is 14.5 Å². The molecule has 0 aliphatic heterocycles. The van der Waals surface area contributed by atoms with Crippen LogP contribution in [0.4, 0.5) is 5.13 Å². The summed E-state index contributed by atoms with van der Waals surface area (Å²) in [5.41, 5.74) is 2.49. The quantitative estimate of drug-likeness (QED) is 0.445. The standard InChI is InChI=1S/C23H29N3O3S.ClH/c1-6-25(7-2)13-14-26(22(27)17-9-8-10-18(15-17)28-4)23-24-20-19(29-5)12-11-16(3)21(20)30-23;/h8-12,15H,6-7,13-14H2,1-5H3;1H. The third-order valence-electron chi connectivity index (χ3n) is 5.24. The molecule has 1 aromatic heterocycles. The SMILES string of the molecule is CCN(CC)CCN(C(=O)c1cccc(OC)c1)c1nc2c(OC)ccc(C)c2s1.Cl. The second-order valence-electron chi connectivity index (χ2n) is 6.97. The highest BCUT2D eigenvalue weighted by Crippen LogP contribution is 2.37. The first-order chi connectivity index (χ1) is 14.5. The molecule has 0 aliphatic rings. The predicted molar refractivity (Wildman–Crippen MR) is 131 cm³/mol. The Bertz CT molecular complexity index is 1020. The van der Waals surface area contributed by atoms with Crippen LogP contribution in [0.2, 0.25) is 0 Å². The highest BCUT2D eigenvalue weighted by Gasteiger charge is 2.23. The number of amides is 1. The molecule has 0 atom stereocenters. The van der Waals surface area contributed by atoms with Crippen LogP contribution in [0.1, 0.15) is 29.8 Å². The van der Waals surface area contributed by atoms with E-state index < -0.39 is 0 Å². The van der Waals surface area contributed by atoms with Crippen LogP contribution in [0.3, 0.4) is 0 Å². The number of aryl methyl sites for hydroxylation is 1. The Morgan fingerprint density at radius 1 is 1.06 bits per heavy atom. The van der Waals surface area contributed by atoms with Crippen LogP contribution in [0.5, 0.6) is 11.5 Å². The fraction of sp³-hybridized carbons (Fsp3) is 0.391. The monoisotopic (exact) mass is 463 g/mol. The first kappa shape index (κ1) is 24.9. The molecule has 0 unspecified atom stereocenters. The van der Waals surface area contributed by atoms with Crippen LogP contribution in [0, 0.1) is 6.92 Å². The summed E-state index contributed by atoms with van der Waals surface area (Å²) in [4.78, 5) is 22.4. The average Bonchev–Trinajstić information content (AvgIpc) is 3.23. The zero-order chi connectivity index (χ0) is 21.7. The number of likely N-dealkylation sites (N-methyl/N-ethyl adjacent to an activating group) is 1. The minimum absolute atomic E-state index is 0. The fourth-order valence-electron chi connectivity index (χ4n) is 3.36. The molecule has 3 aromatic rings. The van der Waals surface area contributed by atoms with Gasteiger partial charge in [-0.1, -0.05) is 37.3 Å². The van der Waals surface area contributed by atoms with Crippen LogP contribution in [0.15, 0.2) is 36.4 Å². The van der Waals surface area contributed by atoms with Crippen molar-refractivity contribution < 1.29 is 14.3 Å². The van der Waals surface area contributed by atoms with Gasteiger partial charge in [-0.25, -0.2) is 4.98 Å². The third-order valence-corrected chi connectivity index (χ3v) is 6.45. The number of methoxy groups -OCH3 is 2. The number of halogens is 1. The van der Waals surface area contributed by atoms with Gasteiger partial charge in [-0.2, -0.15) is 0 Å². The lowest BCUT2D eigenvalue weighted by Crippen LogP contribution is -2.38. The highest BCUT2D eigenvalue weighted by atomic mass is 35.5. The van der Waals surface area contributed by atoms with E-state index in [9.17, 15) is 4.79 Å². The molecule has 6 nitrogen and oxygen atoms in total. The average molecular weight is 464 g/mol. The minimum Gasteiger partial charge on any atom is -0.497 e. The van der Waals surface area contributed by atoms with Crippen molar-refractivity contribution in [1.82, 2.24) is 9.88 Å². The van der Waals surface area contributed by atoms with Gasteiger partial charge >= 0.3 is 0 Å². The van der Waals surface area contributed by atoms with E-state index >= 15 is 0 Å². The molecule has 31 heavy (non-hydrogen) atoms. The maximum Gasteiger partial charge on any atom is 0.260 e. The Balaban J connectivity index is 0.00000341. The second-order valence-corrected chi connectivity index (χ2v) is 7.95. The molecular formula is C23H30ClN3O3S. The molecule has 1 amide bonds. The van der Waals surface area contributed by atoms with Crippen molar-refractivity contribution in [2.75, 3.05) is 45.3 Å². The van der Waals surface area contributed by atoms with Crippen LogP contribution in [0.25, 0.3) is 10.2 Å². The summed E-state index contributed by atoms with van der Waals surface area (Å²) in [6, 6.07) is 11.2. The maximum atomic E-state index is 13.5. The zero-order valence-corrected chi connectivity index (χ0v) is 20.3. The summed E-state index contributed by atoms with van der Waals surface area (Å²) in [6.07, 6.45) is 0. The summed E-state index contributed by atoms with van der Waals surface area (Å²) >= 11 is 1.53. The molecule has 0 radical (unpaired) electrons. The van der Waals surface area contributed by atoms with Gasteiger partial charge in [0.2, 0.25) is 0 Å². The number of anilines is 1. The van der Waals surface area contributed by atoms with Crippen molar-refractivity contribution in [3.8, 4) is 11.5 Å². The molecule has 3 rings (SSSR count). The molecule has 0 saturated carbocycles. The highest BCUT2D eigenvalue weighted by molar-refractivity contribution is 7.22. The number of benzene rings is 2. The van der Waals surface area contributed by atoms with Gasteiger partial charge in [0.25, 0.3) is 5.91 Å². The number of nitrogens with zero attached hydrogens (tertiary/aromatic N) is 3. The summed E-state index contributed by atoms with van der Waals surface area (Å²) in [7, 11) is 3.24. The number of ether oxygens (including phenoxy) is 2. The van der Waals surface area contributed by atoms with Crippen molar-refractivity contribution in [2.24, 2.45) is 0 Å². The number of fused-ring (bicyclic) bond motifs is 1. The summed E-state index contributed by atoms with van der Waals surface area (Å²) < 4.78 is 11.8. The van der Waals surface area contributed by atoms with E-state index in [2.05, 4.69) is 18.7 Å². The van der Waals surface area contributed by atoms with Crippen LogP contribution < -0.4 is 14.4 Å². The number of carbonyl (C=O) groups is 1. The molecule has 1 heterocycles. The van der Waals surface area contributed by atoms with E-state index in [1.54, 1.807) is 25.2 Å². The smallest absolute Gasteiger partial charge is 0.260 e. The van der Waals surface area contributed by atoms with Crippen LogP contribution in [-0.2, 0) is 0 Å². The first-order valence-corrected chi connectivity index (χ1v) is 11.0. The second kappa shape index (κ2) is 11.3. The third kappa shape index (κ3) is 5.47. The normalized spacial score (nSPS) is 10.8. The number of hydrogen-bond donors (Lipinski definition) is 0. The van der Waals surface area contributed by atoms with E-state index in [0.29, 0.717) is 23.0 Å². The first-order valence-electron chi connectivity index (χ1n) is 10.1. The van der Waals surface area contributed by atoms with Crippen molar-refractivity contribution in [3.05, 3.63) is 47.5 Å². The fourth-order valence-corrected chi connectivity index (χ4v) is 4.43. The summed E-state index contributed by atoms with van der Waals surface area (Å²) in [5.74, 6) is 1.29. The lowest BCUT2D eigenvalue weighted by Gasteiger charge is -2.24. The molecule has 2 aromatic carbocycles. The summed E-state index contributed by atoms with van der Waals surface area (Å²) in [6.45, 7) is 9.50. The van der Waals surface area contributed by atoms with Crippen LogP contribution >= 0.6 is 23.7 Å². The van der Waals surface area contributed by atoms with Crippen molar-refractivity contribution >= 4 is 45.0 Å². The molecule has 8 heteroatoms. The van der Waals surface area contributed by atoms with Crippen molar-refractivity contribution in [3.63, 3.8) is 0 Å². The molecule has 0 saturated heterocycles. The topological polar surface area (TPSA) is 54.9 Å². The van der Waals surface area contributed by atoms with Crippen molar-refractivity contribution in [2.45, 2.75) is 20.8 Å². The van der Waals surface area contributed by atoms with Crippen molar-refractivity contribution in [1.29, 1.82) is 0 Å². The maximum absolute atomic E-state index is 13.5. The van der Waals surface area contributed by atoms with Gasteiger partial charge in [-0.15, -0.1) is 12.4 Å². The van der Waals surface area contributed by atoms with E-state index in [0.717, 1.165) is 41.2 Å². The molecule has 168 valence electrons. The number of hydrogen-bond acceptors (Lipinski definition) is 6. The Labute approximate surface area is 194 Å². The molecule has 0 bridgehead atoms. The van der Waals surface area contributed by atoms with Gasteiger partial charge in [0.1, 0.15) is 17.0 Å². The van der Waals surface area contributed by atoms with E-state index in [-0.39, 0.29) is 18.3 Å². The number of thiazole rings is 1. The largest absolute Gasteiger partial charge is 0.497 e. The zero-order valence-electron chi connectivity index (χ0n) is 18.7. The van der Waals surface area contributed by atoms with Gasteiger partial charge in [0, 0.05) is 18.7 Å². The molecule has 0 N–H and O–H groups in total. The van der Waals surface area contributed by atoms with Gasteiger partial charge in [-0.05, 0) is 49.8 Å². The molecule has 0 aliphatic carbocycles. The predicted octanol–water partition coefficient (Wildman–Crippen LogP) is 5.03. The van der Waals surface area contributed by atoms with E-state index in [1.165, 1.54) is 11.3 Å². The van der Waals surface area contributed by atoms with Crippen LogP contribution in [-0.4, -0.2) is 56.2 Å². The Morgan fingerprint density at radius 2 is 1.81 bits per heavy atom. The summed E-state index contributed by atoms with van der Waals surface area (Å²) in [5, 5.41) is 0.678. The van der Waals surface area contributed by atoms with E-state index in [1.807, 2.05) is 37.3 Å². The lowest BCUT2D eigenvalue weighted by atomic mass is 10.2. The van der Waals surface area contributed by atoms with Gasteiger partial charge < -0.3 is 14.4 Å². The lowest BCUT2D eigenvalue weighted by molar-refractivity contribution is 0.0983. The van der Waals surface area contributed by atoms with Gasteiger partial charge in [0.15, 0.2) is 5.13 Å².